The lowest BCUT2D eigenvalue weighted by atomic mass is 9.61. The molecule has 158 valence electrons. The monoisotopic (exact) mass is 454 g/mol. The Morgan fingerprint density at radius 2 is 1.90 bits per heavy atom. The number of nitrogens with zero attached hydrogens (tertiary/aromatic N) is 1. The number of carbonyl (C=O) groups is 2. The van der Waals surface area contributed by atoms with Crippen molar-refractivity contribution in [1.29, 1.82) is 0 Å². The van der Waals surface area contributed by atoms with Gasteiger partial charge in [0.1, 0.15) is 12.0 Å². The van der Waals surface area contributed by atoms with Crippen LogP contribution in [0.25, 0.3) is 5.57 Å². The van der Waals surface area contributed by atoms with Crippen LogP contribution in [-0.4, -0.2) is 17.2 Å². The van der Waals surface area contributed by atoms with Crippen LogP contribution in [0.3, 0.4) is 0 Å². The van der Waals surface area contributed by atoms with Gasteiger partial charge in [-0.1, -0.05) is 52.6 Å². The van der Waals surface area contributed by atoms with E-state index in [2.05, 4.69) is 5.16 Å². The number of Topliss-reactive ketones (excluding diaryl/α,β-unsaturated/α-hetero) is 1. The number of hydrogen-bond acceptors (Lipinski definition) is 5. The van der Waals surface area contributed by atoms with Crippen LogP contribution in [0.15, 0.2) is 53.1 Å². The molecule has 0 unspecified atom stereocenters. The number of rotatable bonds is 4. The van der Waals surface area contributed by atoms with E-state index in [1.807, 2.05) is 6.07 Å². The second kappa shape index (κ2) is 7.98. The smallest absolute Gasteiger partial charge is 0.164 e. The third-order valence-corrected chi connectivity index (χ3v) is 6.35. The Bertz CT molecular complexity index is 1210. The molecule has 0 amide bonds. The minimum Gasteiger partial charge on any atom is -0.398 e. The molecule has 0 saturated heterocycles. The summed E-state index contributed by atoms with van der Waals surface area (Å²) in [5.74, 6) is -0.0875. The van der Waals surface area contributed by atoms with E-state index in [9.17, 15) is 9.59 Å². The fourth-order valence-corrected chi connectivity index (χ4v) is 4.83. The van der Waals surface area contributed by atoms with Gasteiger partial charge in [-0.15, -0.1) is 0 Å². The lowest BCUT2D eigenvalue weighted by Gasteiger charge is -2.39. The Kier molecular flexibility index (Phi) is 5.50. The van der Waals surface area contributed by atoms with Crippen molar-refractivity contribution >= 4 is 46.5 Å². The topological polar surface area (TPSA) is 86.2 Å². The van der Waals surface area contributed by atoms with Crippen molar-refractivity contribution in [3.8, 4) is 0 Å². The SMILES string of the molecule is Cc1noc(C)c1C1=C[C@](C=O)(c2ccc(Cl)cc2N)[C@H](c2cccc(Cl)c2)CC1=O. The van der Waals surface area contributed by atoms with Crippen molar-refractivity contribution in [2.75, 3.05) is 5.73 Å². The summed E-state index contributed by atoms with van der Waals surface area (Å²) in [6, 6.07) is 12.2. The summed E-state index contributed by atoms with van der Waals surface area (Å²) in [5, 5.41) is 4.96. The van der Waals surface area contributed by atoms with Crippen LogP contribution in [0.5, 0.6) is 0 Å². The largest absolute Gasteiger partial charge is 0.398 e. The Balaban J connectivity index is 2.04. The molecular formula is C24H20Cl2N2O3. The average Bonchev–Trinajstić information content (AvgIpc) is 3.06. The summed E-state index contributed by atoms with van der Waals surface area (Å²) in [5.41, 5.74) is 8.43. The van der Waals surface area contributed by atoms with Crippen LogP contribution in [-0.2, 0) is 15.0 Å². The van der Waals surface area contributed by atoms with Crippen LogP contribution in [0.1, 0.15) is 40.5 Å². The van der Waals surface area contributed by atoms with Gasteiger partial charge in [0.25, 0.3) is 0 Å². The number of aryl methyl sites for hydroxylation is 2. The number of aromatic nitrogens is 1. The number of nitrogens with two attached hydrogens (primary N) is 1. The fourth-order valence-electron chi connectivity index (χ4n) is 4.45. The predicted molar refractivity (Wildman–Crippen MR) is 121 cm³/mol. The van der Waals surface area contributed by atoms with Gasteiger partial charge in [-0.3, -0.25) is 4.79 Å². The molecule has 1 aliphatic rings. The molecular weight excluding hydrogens is 435 g/mol. The van der Waals surface area contributed by atoms with Crippen LogP contribution in [0, 0.1) is 13.8 Å². The molecule has 0 aliphatic heterocycles. The van der Waals surface area contributed by atoms with E-state index in [1.165, 1.54) is 0 Å². The number of aldehydes is 1. The van der Waals surface area contributed by atoms with E-state index in [-0.39, 0.29) is 12.2 Å². The van der Waals surface area contributed by atoms with Crippen LogP contribution in [0.4, 0.5) is 5.69 Å². The molecule has 31 heavy (non-hydrogen) atoms. The average molecular weight is 455 g/mol. The summed E-state index contributed by atoms with van der Waals surface area (Å²) >= 11 is 12.4. The molecule has 1 aliphatic carbocycles. The first kappa shape index (κ1) is 21.3. The third-order valence-electron chi connectivity index (χ3n) is 5.88. The highest BCUT2D eigenvalue weighted by Crippen LogP contribution is 2.50. The molecule has 0 bridgehead atoms. The van der Waals surface area contributed by atoms with Gasteiger partial charge >= 0.3 is 0 Å². The zero-order valence-electron chi connectivity index (χ0n) is 17.0. The van der Waals surface area contributed by atoms with Gasteiger partial charge in [-0.2, -0.15) is 0 Å². The molecule has 3 aromatic rings. The molecule has 0 fully saturated rings. The van der Waals surface area contributed by atoms with E-state index >= 15 is 0 Å². The highest BCUT2D eigenvalue weighted by Gasteiger charge is 2.47. The van der Waals surface area contributed by atoms with Crippen molar-refractivity contribution in [3.63, 3.8) is 0 Å². The van der Waals surface area contributed by atoms with Gasteiger partial charge in [0.2, 0.25) is 0 Å². The molecule has 2 aromatic carbocycles. The number of carbonyl (C=O) groups excluding carboxylic acids is 2. The highest BCUT2D eigenvalue weighted by atomic mass is 35.5. The van der Waals surface area contributed by atoms with Crippen LogP contribution in [0.2, 0.25) is 10.0 Å². The van der Waals surface area contributed by atoms with Crippen molar-refractivity contribution in [1.82, 2.24) is 5.16 Å². The molecule has 7 heteroatoms. The molecule has 5 nitrogen and oxygen atoms in total. The second-order valence-corrected chi connectivity index (χ2v) is 8.65. The maximum Gasteiger partial charge on any atom is 0.164 e. The van der Waals surface area contributed by atoms with Crippen LogP contribution >= 0.6 is 23.2 Å². The Morgan fingerprint density at radius 3 is 2.52 bits per heavy atom. The van der Waals surface area contributed by atoms with Gasteiger partial charge in [-0.25, -0.2) is 0 Å². The quantitative estimate of drug-likeness (QED) is 0.417. The number of halogens is 2. The highest BCUT2D eigenvalue weighted by molar-refractivity contribution is 6.31. The van der Waals surface area contributed by atoms with Crippen molar-refractivity contribution in [2.24, 2.45) is 0 Å². The standard InChI is InChI=1S/C24H20Cl2N2O3/c1-13-23(14(2)31-28-13)18-11-24(12-29,19-7-6-17(26)9-21(19)27)20(10-22(18)30)15-4-3-5-16(25)8-15/h3-9,11-12,20H,10,27H2,1-2H3/t20-,24-/m0/s1. The number of benzene rings is 2. The Morgan fingerprint density at radius 1 is 1.16 bits per heavy atom. The summed E-state index contributed by atoms with van der Waals surface area (Å²) in [4.78, 5) is 26.2. The maximum absolute atomic E-state index is 13.3. The lowest BCUT2D eigenvalue weighted by molar-refractivity contribution is -0.116. The second-order valence-electron chi connectivity index (χ2n) is 7.77. The van der Waals surface area contributed by atoms with Gasteiger partial charge in [0.15, 0.2) is 5.78 Å². The molecule has 0 radical (unpaired) electrons. The fraction of sp³-hybridized carbons (Fsp3) is 0.208. The van der Waals surface area contributed by atoms with E-state index in [0.29, 0.717) is 43.9 Å². The lowest BCUT2D eigenvalue weighted by Crippen LogP contribution is -2.39. The van der Waals surface area contributed by atoms with Crippen molar-refractivity contribution < 1.29 is 14.1 Å². The van der Waals surface area contributed by atoms with Gasteiger partial charge in [0, 0.05) is 33.6 Å². The number of hydrogen-bond donors (Lipinski definition) is 1. The molecule has 0 saturated carbocycles. The number of anilines is 1. The molecule has 2 N–H and O–H groups in total. The summed E-state index contributed by atoms with van der Waals surface area (Å²) < 4.78 is 5.28. The van der Waals surface area contributed by atoms with Crippen molar-refractivity contribution in [2.45, 2.75) is 31.6 Å². The Hall–Kier alpha value is -2.89. The Labute approximate surface area is 189 Å². The van der Waals surface area contributed by atoms with E-state index < -0.39 is 11.3 Å². The molecule has 1 heterocycles. The van der Waals surface area contributed by atoms with E-state index in [4.69, 9.17) is 33.5 Å². The van der Waals surface area contributed by atoms with Gasteiger partial charge in [0.05, 0.1) is 16.7 Å². The first-order chi connectivity index (χ1) is 14.8. The number of allylic oxidation sites excluding steroid dienone is 2. The van der Waals surface area contributed by atoms with E-state index in [0.717, 1.165) is 11.8 Å². The van der Waals surface area contributed by atoms with E-state index in [1.54, 1.807) is 56.3 Å². The third kappa shape index (κ3) is 3.58. The zero-order chi connectivity index (χ0) is 22.3. The first-order valence-corrected chi connectivity index (χ1v) is 10.5. The van der Waals surface area contributed by atoms with Crippen molar-refractivity contribution in [3.05, 3.63) is 86.7 Å². The molecule has 2 atom stereocenters. The van der Waals surface area contributed by atoms with Gasteiger partial charge < -0.3 is 15.1 Å². The van der Waals surface area contributed by atoms with Gasteiger partial charge in [-0.05, 0) is 49.2 Å². The number of ketones is 1. The zero-order valence-corrected chi connectivity index (χ0v) is 18.5. The minimum absolute atomic E-state index is 0.0943. The number of nitrogen functional groups attached to an aromatic ring is 1. The normalized spacial score (nSPS) is 21.1. The molecule has 1 aromatic heterocycles. The summed E-state index contributed by atoms with van der Waals surface area (Å²) in [6.07, 6.45) is 2.64. The summed E-state index contributed by atoms with van der Waals surface area (Å²) in [6.45, 7) is 3.51. The first-order valence-electron chi connectivity index (χ1n) is 9.73. The molecule has 0 spiro atoms. The maximum atomic E-state index is 13.3. The molecule has 4 rings (SSSR count). The predicted octanol–water partition coefficient (Wildman–Crippen LogP) is 5.46. The summed E-state index contributed by atoms with van der Waals surface area (Å²) in [7, 11) is 0. The minimum atomic E-state index is -1.21. The van der Waals surface area contributed by atoms with Crippen LogP contribution < -0.4 is 5.73 Å².